The molecule has 0 spiro atoms. The number of methoxy groups -OCH3 is 1. The predicted molar refractivity (Wildman–Crippen MR) is 150 cm³/mol. The maximum atomic E-state index is 12.6. The Balaban J connectivity index is 1.47. The highest BCUT2D eigenvalue weighted by molar-refractivity contribution is 14.1. The second-order valence-electron chi connectivity index (χ2n) is 7.92. The molecule has 0 saturated carbocycles. The molecule has 2 N–H and O–H groups in total. The molecule has 36 heavy (non-hydrogen) atoms. The number of thioether (sulfide) groups is 1. The Morgan fingerprint density at radius 1 is 1.17 bits per heavy atom. The molecule has 4 rings (SSSR count). The van der Waals surface area contributed by atoms with Gasteiger partial charge in [0.05, 0.1) is 20.5 Å². The molecule has 0 bridgehead atoms. The highest BCUT2D eigenvalue weighted by Gasteiger charge is 2.27. The molecule has 1 atom stereocenters. The van der Waals surface area contributed by atoms with Crippen molar-refractivity contribution in [3.63, 3.8) is 0 Å². The summed E-state index contributed by atoms with van der Waals surface area (Å²) >= 11 is 3.56. The summed E-state index contributed by atoms with van der Waals surface area (Å²) in [5.74, 6) is 0.890. The molecule has 1 fully saturated rings. The molecule has 1 saturated heterocycles. The minimum atomic E-state index is -0.435. The van der Waals surface area contributed by atoms with Gasteiger partial charge in [-0.15, -0.1) is 0 Å². The number of rotatable bonds is 9. The molecule has 186 valence electrons. The van der Waals surface area contributed by atoms with Crippen LogP contribution < -0.4 is 20.1 Å². The fourth-order valence-corrected chi connectivity index (χ4v) is 5.35. The Morgan fingerprint density at radius 3 is 2.64 bits per heavy atom. The number of hydrogen-bond acceptors (Lipinski definition) is 7. The van der Waals surface area contributed by atoms with E-state index in [-0.39, 0.29) is 23.7 Å². The van der Waals surface area contributed by atoms with Crippen molar-refractivity contribution in [3.05, 3.63) is 95.9 Å². The highest BCUT2D eigenvalue weighted by atomic mass is 127. The number of nitro groups is 1. The molecule has 8 nitrogen and oxygen atoms in total. The van der Waals surface area contributed by atoms with Crippen LogP contribution in [0.5, 0.6) is 11.5 Å². The van der Waals surface area contributed by atoms with Crippen molar-refractivity contribution in [2.24, 2.45) is 0 Å². The van der Waals surface area contributed by atoms with Crippen LogP contribution in [0, 0.1) is 13.7 Å². The van der Waals surface area contributed by atoms with Crippen LogP contribution in [-0.4, -0.2) is 23.4 Å². The van der Waals surface area contributed by atoms with Crippen LogP contribution in [0.2, 0.25) is 0 Å². The predicted octanol–water partition coefficient (Wildman–Crippen LogP) is 5.95. The lowest BCUT2D eigenvalue weighted by atomic mass is 10.1. The van der Waals surface area contributed by atoms with Crippen LogP contribution in [-0.2, 0) is 17.8 Å². The summed E-state index contributed by atoms with van der Waals surface area (Å²) in [7, 11) is 1.54. The van der Waals surface area contributed by atoms with Gasteiger partial charge in [-0.25, -0.2) is 0 Å². The van der Waals surface area contributed by atoms with E-state index in [9.17, 15) is 14.9 Å². The number of nitro benzene ring substituents is 1. The molecule has 3 aromatic carbocycles. The summed E-state index contributed by atoms with van der Waals surface area (Å²) in [5.41, 5.74) is 3.41. The van der Waals surface area contributed by atoms with Crippen molar-refractivity contribution < 1.29 is 19.2 Å². The van der Waals surface area contributed by atoms with Gasteiger partial charge in [0.2, 0.25) is 0 Å². The first-order valence-corrected chi connectivity index (χ1v) is 13.1. The molecule has 0 unspecified atom stereocenters. The summed E-state index contributed by atoms with van der Waals surface area (Å²) in [6.45, 7) is 2.26. The van der Waals surface area contributed by atoms with E-state index in [2.05, 4.69) is 52.3 Å². The average Bonchev–Trinajstić information content (AvgIpc) is 3.21. The Kier molecular flexibility index (Phi) is 8.36. The average molecular weight is 617 g/mol. The Hall–Kier alpha value is -3.25. The smallest absolute Gasteiger partial charge is 0.269 e. The van der Waals surface area contributed by atoms with E-state index in [1.807, 2.05) is 24.3 Å². The van der Waals surface area contributed by atoms with Crippen LogP contribution in [0.3, 0.4) is 0 Å². The molecule has 1 aliphatic heterocycles. The van der Waals surface area contributed by atoms with Crippen molar-refractivity contribution in [3.8, 4) is 11.5 Å². The van der Waals surface area contributed by atoms with Crippen LogP contribution in [0.1, 0.15) is 23.6 Å². The van der Waals surface area contributed by atoms with Gasteiger partial charge in [0.1, 0.15) is 6.61 Å². The number of aryl methyl sites for hydroxylation is 1. The van der Waals surface area contributed by atoms with E-state index in [1.165, 1.54) is 29.5 Å². The van der Waals surface area contributed by atoms with Crippen molar-refractivity contribution >= 4 is 57.7 Å². The number of nitrogens with zero attached hydrogens (tertiary/aromatic N) is 1. The Morgan fingerprint density at radius 2 is 1.94 bits per heavy atom. The summed E-state index contributed by atoms with van der Waals surface area (Å²) in [4.78, 5) is 23.7. The third-order valence-corrected chi connectivity index (χ3v) is 7.27. The van der Waals surface area contributed by atoms with Crippen LogP contribution in [0.4, 0.5) is 11.4 Å². The van der Waals surface area contributed by atoms with E-state index in [0.717, 1.165) is 21.2 Å². The lowest BCUT2D eigenvalue weighted by Gasteiger charge is -2.14. The monoisotopic (exact) mass is 617 g/mol. The number of amides is 1. The third kappa shape index (κ3) is 6.30. The number of benzene rings is 3. The number of halogens is 1. The van der Waals surface area contributed by atoms with Crippen molar-refractivity contribution in [2.45, 2.75) is 25.4 Å². The number of nitrogens with one attached hydrogen (secondary N) is 2. The first-order chi connectivity index (χ1) is 17.4. The molecule has 1 amide bonds. The number of hydrogen-bond donors (Lipinski definition) is 2. The second-order valence-corrected chi connectivity index (χ2v) is 10.2. The van der Waals surface area contributed by atoms with Crippen molar-refractivity contribution in [1.29, 1.82) is 0 Å². The lowest BCUT2D eigenvalue weighted by molar-refractivity contribution is -0.384. The standard InChI is InChI=1S/C26H24IN3O5S/c1-3-16-7-9-19(10-8-16)28-26-29-25(31)23(36-26)14-18-12-21(27)24(22(13-18)34-2)35-15-17-5-4-6-20(11-17)30(32)33/h4-14,26,28H,3,15H2,1-2H3,(H,29,31)/b23-14-/t26-/m1/s1. The van der Waals surface area contributed by atoms with Gasteiger partial charge in [0.25, 0.3) is 11.6 Å². The fourth-order valence-electron chi connectivity index (χ4n) is 3.58. The van der Waals surface area contributed by atoms with Crippen molar-refractivity contribution in [1.82, 2.24) is 5.32 Å². The first-order valence-electron chi connectivity index (χ1n) is 11.1. The summed E-state index contributed by atoms with van der Waals surface area (Å²) in [6.07, 6.45) is 2.79. The van der Waals surface area contributed by atoms with Gasteiger partial charge in [-0.2, -0.15) is 0 Å². The van der Waals surface area contributed by atoms with E-state index in [0.29, 0.717) is 22.0 Å². The minimum Gasteiger partial charge on any atom is -0.493 e. The largest absolute Gasteiger partial charge is 0.493 e. The zero-order chi connectivity index (χ0) is 25.7. The van der Waals surface area contributed by atoms with Gasteiger partial charge in [0, 0.05) is 17.8 Å². The van der Waals surface area contributed by atoms with Crippen LogP contribution in [0.15, 0.2) is 65.6 Å². The molecule has 3 aromatic rings. The van der Waals surface area contributed by atoms with E-state index in [1.54, 1.807) is 25.3 Å². The molecule has 0 radical (unpaired) electrons. The van der Waals surface area contributed by atoms with Gasteiger partial charge in [-0.05, 0) is 76.0 Å². The van der Waals surface area contributed by atoms with E-state index < -0.39 is 4.92 Å². The number of non-ortho nitro benzene ring substituents is 1. The molecule has 10 heteroatoms. The quantitative estimate of drug-likeness (QED) is 0.133. The first kappa shape index (κ1) is 25.8. The Bertz CT molecular complexity index is 1310. The molecular weight excluding hydrogens is 593 g/mol. The zero-order valence-corrected chi connectivity index (χ0v) is 22.6. The molecular formula is C26H24IN3O5S. The third-order valence-electron chi connectivity index (χ3n) is 5.44. The molecule has 1 aliphatic rings. The van der Waals surface area contributed by atoms with E-state index >= 15 is 0 Å². The highest BCUT2D eigenvalue weighted by Crippen LogP contribution is 2.37. The SMILES string of the molecule is CCc1ccc(N[C@@H]2NC(=O)/C(=C/c3cc(I)c(OCc4cccc([N+](=O)[O-])c4)c(OC)c3)S2)cc1. The van der Waals surface area contributed by atoms with Gasteiger partial charge >= 0.3 is 0 Å². The number of carbonyl (C=O) groups excluding carboxylic acids is 1. The van der Waals surface area contributed by atoms with E-state index in [4.69, 9.17) is 9.47 Å². The van der Waals surface area contributed by atoms with Gasteiger partial charge in [-0.1, -0.05) is 43.0 Å². The second kappa shape index (κ2) is 11.7. The van der Waals surface area contributed by atoms with Crippen LogP contribution in [0.25, 0.3) is 6.08 Å². The van der Waals surface area contributed by atoms with Crippen molar-refractivity contribution in [2.75, 3.05) is 12.4 Å². The number of anilines is 1. The maximum absolute atomic E-state index is 12.6. The minimum absolute atomic E-state index is 0.0119. The maximum Gasteiger partial charge on any atom is 0.269 e. The van der Waals surface area contributed by atoms with Gasteiger partial charge < -0.3 is 20.1 Å². The topological polar surface area (TPSA) is 103 Å². The fraction of sp³-hybridized carbons (Fsp3) is 0.192. The summed E-state index contributed by atoms with van der Waals surface area (Å²) in [5, 5.41) is 17.3. The van der Waals surface area contributed by atoms with Gasteiger partial charge in [-0.3, -0.25) is 14.9 Å². The summed E-state index contributed by atoms with van der Waals surface area (Å²) in [6, 6.07) is 18.2. The molecule has 0 aliphatic carbocycles. The van der Waals surface area contributed by atoms with Crippen LogP contribution >= 0.6 is 34.4 Å². The Labute approximate surface area is 226 Å². The normalized spacial score (nSPS) is 16.0. The number of carbonyl (C=O) groups is 1. The molecule has 1 heterocycles. The van der Waals surface area contributed by atoms with Gasteiger partial charge in [0.15, 0.2) is 17.0 Å². The lowest BCUT2D eigenvalue weighted by Crippen LogP contribution is -2.30. The summed E-state index contributed by atoms with van der Waals surface area (Å²) < 4.78 is 12.3. The number of ether oxygens (including phenoxy) is 2. The molecule has 0 aromatic heterocycles. The zero-order valence-electron chi connectivity index (χ0n) is 19.6.